The van der Waals surface area contributed by atoms with Crippen LogP contribution < -0.4 is 0 Å². The molecule has 20 heavy (non-hydrogen) atoms. The molecule has 2 rings (SSSR count). The third-order valence-electron chi connectivity index (χ3n) is 4.55. The molecule has 1 heterocycles. The lowest BCUT2D eigenvalue weighted by molar-refractivity contribution is 0.0508. The van der Waals surface area contributed by atoms with E-state index in [9.17, 15) is 0 Å². The molecule has 0 N–H and O–H groups in total. The molecule has 0 radical (unpaired) electrons. The van der Waals surface area contributed by atoms with Crippen molar-refractivity contribution < 1.29 is 9.47 Å². The Kier molecular flexibility index (Phi) is 5.48. The number of halogens is 1. The van der Waals surface area contributed by atoms with E-state index < -0.39 is 0 Å². The summed E-state index contributed by atoms with van der Waals surface area (Å²) in [4.78, 5) is 0. The minimum atomic E-state index is 0.0152. The maximum absolute atomic E-state index is 6.72. The van der Waals surface area contributed by atoms with E-state index in [0.29, 0.717) is 11.8 Å². The van der Waals surface area contributed by atoms with Crippen LogP contribution in [0.25, 0.3) is 0 Å². The molecule has 0 bridgehead atoms. The Morgan fingerprint density at radius 1 is 1.15 bits per heavy atom. The molecule has 0 saturated carbocycles. The van der Waals surface area contributed by atoms with Crippen molar-refractivity contribution in [3.63, 3.8) is 0 Å². The quantitative estimate of drug-likeness (QED) is 0.758. The highest BCUT2D eigenvalue weighted by atomic mass is 35.5. The molecular weight excluding hydrogens is 272 g/mol. The third kappa shape index (κ3) is 3.36. The Hall–Kier alpha value is -0.570. The summed E-state index contributed by atoms with van der Waals surface area (Å²) >= 11 is 6.72. The van der Waals surface area contributed by atoms with Crippen LogP contribution in [0.4, 0.5) is 0 Å². The Morgan fingerprint density at radius 2 is 1.80 bits per heavy atom. The molecule has 0 amide bonds. The van der Waals surface area contributed by atoms with Crippen molar-refractivity contribution in [1.82, 2.24) is 0 Å². The second kappa shape index (κ2) is 6.93. The fraction of sp³-hybridized carbons (Fsp3) is 0.647. The molecule has 1 fully saturated rings. The van der Waals surface area contributed by atoms with E-state index >= 15 is 0 Å². The van der Waals surface area contributed by atoms with Gasteiger partial charge in [-0.25, -0.2) is 0 Å². The van der Waals surface area contributed by atoms with Gasteiger partial charge in [-0.05, 0) is 37.3 Å². The van der Waals surface area contributed by atoms with Gasteiger partial charge < -0.3 is 9.47 Å². The highest BCUT2D eigenvalue weighted by molar-refractivity contribution is 6.21. The summed E-state index contributed by atoms with van der Waals surface area (Å²) in [5, 5.41) is 0.0152. The molecule has 0 spiro atoms. The molecular formula is C17H25ClO2. The van der Waals surface area contributed by atoms with Crippen LogP contribution in [0.5, 0.6) is 0 Å². The van der Waals surface area contributed by atoms with E-state index in [-0.39, 0.29) is 17.6 Å². The number of rotatable bonds is 5. The molecule has 2 nitrogen and oxygen atoms in total. The molecule has 3 heteroatoms. The largest absolute Gasteiger partial charge is 0.384 e. The molecule has 1 aliphatic heterocycles. The Labute approximate surface area is 127 Å². The van der Waals surface area contributed by atoms with Crippen LogP contribution in [0.3, 0.4) is 0 Å². The fourth-order valence-corrected chi connectivity index (χ4v) is 3.69. The van der Waals surface area contributed by atoms with Gasteiger partial charge in [0.15, 0.2) is 0 Å². The minimum Gasteiger partial charge on any atom is -0.384 e. The van der Waals surface area contributed by atoms with Gasteiger partial charge in [0.2, 0.25) is 0 Å². The summed E-state index contributed by atoms with van der Waals surface area (Å²) in [6.45, 7) is 7.26. The summed E-state index contributed by atoms with van der Waals surface area (Å²) in [5.74, 6) is 0.858. The summed E-state index contributed by atoms with van der Waals surface area (Å²) in [7, 11) is 1.73. The minimum absolute atomic E-state index is 0.0152. The number of benzene rings is 1. The molecule has 112 valence electrons. The van der Waals surface area contributed by atoms with Crippen molar-refractivity contribution in [2.24, 2.45) is 11.8 Å². The highest BCUT2D eigenvalue weighted by Crippen LogP contribution is 2.43. The maximum atomic E-state index is 6.72. The van der Waals surface area contributed by atoms with Gasteiger partial charge in [0.05, 0.1) is 24.2 Å². The number of hydrogen-bond acceptors (Lipinski definition) is 2. The van der Waals surface area contributed by atoms with E-state index in [4.69, 9.17) is 21.1 Å². The van der Waals surface area contributed by atoms with Gasteiger partial charge in [-0.1, -0.05) is 31.2 Å². The van der Waals surface area contributed by atoms with Crippen molar-refractivity contribution in [2.75, 3.05) is 13.7 Å². The van der Waals surface area contributed by atoms with Crippen LogP contribution in [-0.4, -0.2) is 25.9 Å². The van der Waals surface area contributed by atoms with Crippen LogP contribution in [0.15, 0.2) is 24.3 Å². The lowest BCUT2D eigenvalue weighted by Crippen LogP contribution is -2.22. The van der Waals surface area contributed by atoms with Gasteiger partial charge in [-0.15, -0.1) is 11.6 Å². The molecule has 0 aromatic heterocycles. The first-order valence-electron chi connectivity index (χ1n) is 7.42. The Morgan fingerprint density at radius 3 is 2.30 bits per heavy atom. The van der Waals surface area contributed by atoms with E-state index in [1.807, 2.05) is 0 Å². The maximum Gasteiger partial charge on any atom is 0.0641 e. The van der Waals surface area contributed by atoms with Crippen molar-refractivity contribution in [3.05, 3.63) is 35.4 Å². The number of alkyl halides is 1. The monoisotopic (exact) mass is 296 g/mol. The predicted octanol–water partition coefficient (Wildman–Crippen LogP) is 4.21. The summed E-state index contributed by atoms with van der Waals surface area (Å²) < 4.78 is 11.0. The average molecular weight is 297 g/mol. The second-order valence-electron chi connectivity index (χ2n) is 5.87. The van der Waals surface area contributed by atoms with Gasteiger partial charge in [0.1, 0.15) is 0 Å². The first-order chi connectivity index (χ1) is 9.54. The van der Waals surface area contributed by atoms with Crippen LogP contribution in [-0.2, 0) is 15.9 Å². The van der Waals surface area contributed by atoms with Gasteiger partial charge in [-0.3, -0.25) is 0 Å². The fourth-order valence-electron chi connectivity index (χ4n) is 3.11. The van der Waals surface area contributed by atoms with Crippen LogP contribution in [0.2, 0.25) is 0 Å². The first-order valence-corrected chi connectivity index (χ1v) is 7.85. The standard InChI is InChI=1S/C17H25ClO2/c1-11-12(2)20-13(3)16(11)17(18)15-7-5-14(6-8-15)9-10-19-4/h5-8,11-13,16-17H,9-10H2,1-4H3. The Bertz CT molecular complexity index is 418. The zero-order valence-corrected chi connectivity index (χ0v) is 13.6. The van der Waals surface area contributed by atoms with Crippen molar-refractivity contribution >= 4 is 11.6 Å². The predicted molar refractivity (Wildman–Crippen MR) is 83.3 cm³/mol. The Balaban J connectivity index is 2.07. The van der Waals surface area contributed by atoms with Crippen molar-refractivity contribution in [2.45, 2.75) is 44.8 Å². The highest BCUT2D eigenvalue weighted by Gasteiger charge is 2.41. The van der Waals surface area contributed by atoms with Crippen molar-refractivity contribution in [1.29, 1.82) is 0 Å². The average Bonchev–Trinajstić information content (AvgIpc) is 2.70. The van der Waals surface area contributed by atoms with Crippen molar-refractivity contribution in [3.8, 4) is 0 Å². The lowest BCUT2D eigenvalue weighted by atomic mass is 9.84. The second-order valence-corrected chi connectivity index (χ2v) is 6.34. The molecule has 5 atom stereocenters. The molecule has 1 aliphatic rings. The van der Waals surface area contributed by atoms with Crippen LogP contribution in [0.1, 0.15) is 37.3 Å². The third-order valence-corrected chi connectivity index (χ3v) is 5.09. The number of methoxy groups -OCH3 is 1. The molecule has 1 aromatic rings. The van der Waals surface area contributed by atoms with Crippen LogP contribution in [0, 0.1) is 11.8 Å². The van der Waals surface area contributed by atoms with Crippen LogP contribution >= 0.6 is 11.6 Å². The molecule has 1 aromatic carbocycles. The summed E-state index contributed by atoms with van der Waals surface area (Å²) in [5.41, 5.74) is 2.48. The zero-order valence-electron chi connectivity index (χ0n) is 12.8. The molecule has 1 saturated heterocycles. The summed E-state index contributed by atoms with van der Waals surface area (Å²) in [6.07, 6.45) is 1.45. The lowest BCUT2D eigenvalue weighted by Gasteiger charge is -2.24. The molecule has 0 aliphatic carbocycles. The zero-order chi connectivity index (χ0) is 14.7. The first kappa shape index (κ1) is 15.8. The van der Waals surface area contributed by atoms with E-state index in [0.717, 1.165) is 13.0 Å². The van der Waals surface area contributed by atoms with Gasteiger partial charge in [0.25, 0.3) is 0 Å². The number of ether oxygens (including phenoxy) is 2. The van der Waals surface area contributed by atoms with Gasteiger partial charge in [0, 0.05) is 13.0 Å². The van der Waals surface area contributed by atoms with E-state index in [1.165, 1.54) is 11.1 Å². The summed E-state index contributed by atoms with van der Waals surface area (Å²) in [6, 6.07) is 8.59. The topological polar surface area (TPSA) is 18.5 Å². The van der Waals surface area contributed by atoms with Gasteiger partial charge >= 0.3 is 0 Å². The van der Waals surface area contributed by atoms with E-state index in [1.54, 1.807) is 7.11 Å². The molecule has 5 unspecified atom stereocenters. The normalized spacial score (nSPS) is 31.4. The number of hydrogen-bond donors (Lipinski definition) is 0. The van der Waals surface area contributed by atoms with Gasteiger partial charge in [-0.2, -0.15) is 0 Å². The SMILES string of the molecule is COCCc1ccc(C(Cl)C2C(C)OC(C)C2C)cc1. The smallest absolute Gasteiger partial charge is 0.0641 e. The van der Waals surface area contributed by atoms with E-state index in [2.05, 4.69) is 45.0 Å².